The topological polar surface area (TPSA) is 71.5 Å². The number of carbonyl (C=O) groups excluding carboxylic acids is 2. The maximum absolute atomic E-state index is 12.6. The molecular weight excluding hydrogens is 354 g/mol. The average Bonchev–Trinajstić information content (AvgIpc) is 3.57. The molecule has 6 nitrogen and oxygen atoms in total. The van der Waals surface area contributed by atoms with Gasteiger partial charge in [0.2, 0.25) is 0 Å². The molecule has 6 heteroatoms. The number of carbonyl (C=O) groups is 2. The lowest BCUT2D eigenvalue weighted by Gasteiger charge is -2.32. The summed E-state index contributed by atoms with van der Waals surface area (Å²) >= 11 is 0. The number of nitrogens with one attached hydrogen (secondary N) is 1. The molecule has 146 valence electrons. The SMILES string of the molecule is O=C(NC1CC1)c1ccc(OC[C@H]2CCCN(C(=O)c3ccncc3)C2)cc1. The van der Waals surface area contributed by atoms with Gasteiger partial charge in [-0.25, -0.2) is 0 Å². The van der Waals surface area contributed by atoms with Gasteiger partial charge in [-0.2, -0.15) is 0 Å². The summed E-state index contributed by atoms with van der Waals surface area (Å²) in [7, 11) is 0. The van der Waals surface area contributed by atoms with Crippen molar-refractivity contribution in [3.8, 4) is 5.75 Å². The molecule has 1 aromatic heterocycles. The number of benzene rings is 1. The van der Waals surface area contributed by atoms with Gasteiger partial charge in [-0.1, -0.05) is 0 Å². The van der Waals surface area contributed by atoms with Crippen molar-refractivity contribution in [1.29, 1.82) is 0 Å². The molecule has 0 spiro atoms. The van der Waals surface area contributed by atoms with E-state index in [1.54, 1.807) is 36.7 Å². The molecule has 0 unspecified atom stereocenters. The first-order valence-electron chi connectivity index (χ1n) is 9.92. The zero-order valence-electron chi connectivity index (χ0n) is 15.8. The van der Waals surface area contributed by atoms with Crippen LogP contribution in [0.1, 0.15) is 46.4 Å². The van der Waals surface area contributed by atoms with Gasteiger partial charge in [-0.15, -0.1) is 0 Å². The number of amides is 2. The first kappa shape index (κ1) is 18.5. The van der Waals surface area contributed by atoms with Gasteiger partial charge in [0.15, 0.2) is 0 Å². The lowest BCUT2D eigenvalue weighted by molar-refractivity contribution is 0.0633. The fourth-order valence-electron chi connectivity index (χ4n) is 3.48. The van der Waals surface area contributed by atoms with E-state index in [0.29, 0.717) is 36.2 Å². The van der Waals surface area contributed by atoms with Crippen LogP contribution >= 0.6 is 0 Å². The molecule has 1 saturated heterocycles. The maximum atomic E-state index is 12.6. The number of likely N-dealkylation sites (tertiary alicyclic amines) is 1. The van der Waals surface area contributed by atoms with Crippen molar-refractivity contribution in [2.24, 2.45) is 5.92 Å². The minimum absolute atomic E-state index is 0.0217. The molecule has 1 saturated carbocycles. The second-order valence-corrected chi connectivity index (χ2v) is 7.58. The molecular formula is C22H25N3O3. The third kappa shape index (κ3) is 4.68. The van der Waals surface area contributed by atoms with E-state index in [0.717, 1.165) is 38.0 Å². The van der Waals surface area contributed by atoms with E-state index in [-0.39, 0.29) is 11.8 Å². The van der Waals surface area contributed by atoms with Crippen LogP contribution in [0.5, 0.6) is 5.75 Å². The predicted molar refractivity (Wildman–Crippen MR) is 105 cm³/mol. The van der Waals surface area contributed by atoms with Gasteiger partial charge >= 0.3 is 0 Å². The molecule has 1 aliphatic heterocycles. The van der Waals surface area contributed by atoms with E-state index in [2.05, 4.69) is 10.3 Å². The number of hydrogen-bond acceptors (Lipinski definition) is 4. The monoisotopic (exact) mass is 379 g/mol. The highest BCUT2D eigenvalue weighted by molar-refractivity contribution is 5.95. The fraction of sp³-hybridized carbons (Fsp3) is 0.409. The van der Waals surface area contributed by atoms with Crippen LogP contribution in [0.2, 0.25) is 0 Å². The van der Waals surface area contributed by atoms with Crippen molar-refractivity contribution >= 4 is 11.8 Å². The molecule has 0 radical (unpaired) electrons. The molecule has 4 rings (SSSR count). The van der Waals surface area contributed by atoms with Crippen molar-refractivity contribution in [3.63, 3.8) is 0 Å². The molecule has 1 atom stereocenters. The Labute approximate surface area is 164 Å². The lowest BCUT2D eigenvalue weighted by atomic mass is 9.98. The van der Waals surface area contributed by atoms with Crippen LogP contribution < -0.4 is 10.1 Å². The van der Waals surface area contributed by atoms with Gasteiger partial charge in [0, 0.05) is 48.6 Å². The molecule has 2 aliphatic rings. The van der Waals surface area contributed by atoms with Gasteiger partial charge in [-0.05, 0) is 62.1 Å². The summed E-state index contributed by atoms with van der Waals surface area (Å²) in [6, 6.07) is 11.1. The Kier molecular flexibility index (Phi) is 5.55. The Morgan fingerprint density at radius 3 is 2.50 bits per heavy atom. The first-order valence-corrected chi connectivity index (χ1v) is 9.92. The molecule has 28 heavy (non-hydrogen) atoms. The highest BCUT2D eigenvalue weighted by Gasteiger charge is 2.25. The smallest absolute Gasteiger partial charge is 0.253 e. The van der Waals surface area contributed by atoms with Crippen molar-refractivity contribution in [3.05, 3.63) is 59.9 Å². The van der Waals surface area contributed by atoms with Gasteiger partial charge in [0.25, 0.3) is 11.8 Å². The van der Waals surface area contributed by atoms with E-state index < -0.39 is 0 Å². The summed E-state index contributed by atoms with van der Waals surface area (Å²) in [6.45, 7) is 2.04. The Morgan fingerprint density at radius 2 is 1.79 bits per heavy atom. The number of hydrogen-bond donors (Lipinski definition) is 1. The van der Waals surface area contributed by atoms with E-state index >= 15 is 0 Å². The fourth-order valence-corrected chi connectivity index (χ4v) is 3.48. The highest BCUT2D eigenvalue weighted by Crippen LogP contribution is 2.22. The van der Waals surface area contributed by atoms with Gasteiger partial charge in [0.05, 0.1) is 6.61 Å². The zero-order chi connectivity index (χ0) is 19.3. The van der Waals surface area contributed by atoms with Crippen LogP contribution in [0.15, 0.2) is 48.8 Å². The maximum Gasteiger partial charge on any atom is 0.253 e. The molecule has 2 heterocycles. The predicted octanol–water partition coefficient (Wildman–Crippen LogP) is 2.91. The van der Waals surface area contributed by atoms with E-state index in [4.69, 9.17) is 4.74 Å². The van der Waals surface area contributed by atoms with Crippen LogP contribution in [-0.2, 0) is 0 Å². The Hall–Kier alpha value is -2.89. The van der Waals surface area contributed by atoms with Gasteiger partial charge in [-0.3, -0.25) is 14.6 Å². The largest absolute Gasteiger partial charge is 0.493 e. The Morgan fingerprint density at radius 1 is 1.04 bits per heavy atom. The van der Waals surface area contributed by atoms with Crippen molar-refractivity contribution in [2.75, 3.05) is 19.7 Å². The van der Waals surface area contributed by atoms with Crippen LogP contribution in [-0.4, -0.2) is 47.4 Å². The first-order chi connectivity index (χ1) is 13.7. The minimum Gasteiger partial charge on any atom is -0.493 e. The van der Waals surface area contributed by atoms with E-state index in [1.165, 1.54) is 0 Å². The van der Waals surface area contributed by atoms with Crippen LogP contribution in [0.25, 0.3) is 0 Å². The summed E-state index contributed by atoms with van der Waals surface area (Å²) in [5.41, 5.74) is 1.34. The Bertz CT molecular complexity index is 819. The lowest BCUT2D eigenvalue weighted by Crippen LogP contribution is -2.41. The molecule has 1 aliphatic carbocycles. The molecule has 1 N–H and O–H groups in total. The molecule has 1 aromatic carbocycles. The van der Waals surface area contributed by atoms with E-state index in [9.17, 15) is 9.59 Å². The summed E-state index contributed by atoms with van der Waals surface area (Å²) in [4.78, 5) is 30.5. The van der Waals surface area contributed by atoms with Gasteiger partial charge in [0.1, 0.15) is 5.75 Å². The standard InChI is InChI=1S/C22H25N3O3/c26-21(24-19-5-6-19)17-3-7-20(8-4-17)28-15-16-2-1-13-25(14-16)22(27)18-9-11-23-12-10-18/h3-4,7-12,16,19H,1-2,5-6,13-15H2,(H,24,26)/t16-/m0/s1. The number of nitrogens with zero attached hydrogens (tertiary/aromatic N) is 2. The van der Waals surface area contributed by atoms with Crippen molar-refractivity contribution in [1.82, 2.24) is 15.2 Å². The molecule has 0 bridgehead atoms. The summed E-state index contributed by atoms with van der Waals surface area (Å²) in [5, 5.41) is 2.98. The van der Waals surface area contributed by atoms with Crippen molar-refractivity contribution in [2.45, 2.75) is 31.7 Å². The normalized spacial score (nSPS) is 19.1. The quantitative estimate of drug-likeness (QED) is 0.838. The number of piperidine rings is 1. The zero-order valence-corrected chi connectivity index (χ0v) is 15.8. The third-order valence-corrected chi connectivity index (χ3v) is 5.25. The summed E-state index contributed by atoms with van der Waals surface area (Å²) in [5.74, 6) is 1.09. The highest BCUT2D eigenvalue weighted by atomic mass is 16.5. The summed E-state index contributed by atoms with van der Waals surface area (Å²) in [6.07, 6.45) is 7.47. The summed E-state index contributed by atoms with van der Waals surface area (Å²) < 4.78 is 5.93. The Balaban J connectivity index is 1.28. The van der Waals surface area contributed by atoms with Crippen LogP contribution in [0.4, 0.5) is 0 Å². The van der Waals surface area contributed by atoms with E-state index in [1.807, 2.05) is 17.0 Å². The second-order valence-electron chi connectivity index (χ2n) is 7.58. The number of aromatic nitrogens is 1. The van der Waals surface area contributed by atoms with Gasteiger partial charge < -0.3 is 15.0 Å². The minimum atomic E-state index is -0.0217. The average molecular weight is 379 g/mol. The number of pyridine rings is 1. The van der Waals surface area contributed by atoms with Crippen LogP contribution in [0.3, 0.4) is 0 Å². The third-order valence-electron chi connectivity index (χ3n) is 5.25. The molecule has 2 aromatic rings. The number of ether oxygens (including phenoxy) is 1. The number of rotatable bonds is 6. The van der Waals surface area contributed by atoms with Crippen molar-refractivity contribution < 1.29 is 14.3 Å². The van der Waals surface area contributed by atoms with Crippen LogP contribution in [0, 0.1) is 5.92 Å². The second kappa shape index (κ2) is 8.42. The molecule has 2 fully saturated rings. The molecule has 2 amide bonds.